The van der Waals surface area contributed by atoms with Crippen LogP contribution in [0.3, 0.4) is 0 Å². The largest absolute Gasteiger partial charge is 0.464 e. The number of ether oxygens (including phenoxy) is 2. The Balaban J connectivity index is 1.81. The van der Waals surface area contributed by atoms with Gasteiger partial charge in [0, 0.05) is 24.4 Å². The van der Waals surface area contributed by atoms with Crippen molar-refractivity contribution in [1.82, 2.24) is 0 Å². The van der Waals surface area contributed by atoms with Crippen LogP contribution in [0.1, 0.15) is 33.1 Å². The van der Waals surface area contributed by atoms with Gasteiger partial charge in [-0.2, -0.15) is 0 Å². The summed E-state index contributed by atoms with van der Waals surface area (Å²) in [5, 5.41) is 0. The Bertz CT molecular complexity index is 618. The van der Waals surface area contributed by atoms with Crippen LogP contribution >= 0.6 is 0 Å². The Morgan fingerprint density at radius 3 is 2.38 bits per heavy atom. The number of allylic oxidation sites excluding steroid dienone is 11. The SMILES string of the molecule is CCOC(=O)C(C/C=C\C/C=C\C1(C)C=CC2(C=CCC=C2)C=C1)OC. The first-order valence-corrected chi connectivity index (χ1v) is 9.31. The molecule has 1 unspecified atom stereocenters. The molecule has 0 amide bonds. The average Bonchev–Trinajstić information content (AvgIpc) is 2.65. The van der Waals surface area contributed by atoms with Crippen LogP contribution in [0.4, 0.5) is 0 Å². The van der Waals surface area contributed by atoms with Gasteiger partial charge in [0.05, 0.1) is 6.61 Å². The van der Waals surface area contributed by atoms with Gasteiger partial charge in [-0.25, -0.2) is 4.79 Å². The molecule has 0 saturated carbocycles. The number of carbonyl (C=O) groups is 1. The minimum absolute atomic E-state index is 0.0340. The summed E-state index contributed by atoms with van der Waals surface area (Å²) in [4.78, 5) is 11.7. The Hall–Kier alpha value is -2.13. The number of esters is 1. The third kappa shape index (κ3) is 5.70. The van der Waals surface area contributed by atoms with E-state index in [1.54, 1.807) is 6.92 Å². The van der Waals surface area contributed by atoms with Gasteiger partial charge in [-0.15, -0.1) is 0 Å². The van der Waals surface area contributed by atoms with Crippen molar-refractivity contribution in [3.8, 4) is 0 Å². The highest BCUT2D eigenvalue weighted by atomic mass is 16.6. The van der Waals surface area contributed by atoms with Crippen molar-refractivity contribution in [2.24, 2.45) is 10.8 Å². The molecule has 0 radical (unpaired) electrons. The first kappa shape index (κ1) is 20.2. The molecule has 1 atom stereocenters. The zero-order valence-electron chi connectivity index (χ0n) is 16.1. The molecule has 0 saturated heterocycles. The molecule has 140 valence electrons. The summed E-state index contributed by atoms with van der Waals surface area (Å²) in [6.07, 6.45) is 28.2. The van der Waals surface area contributed by atoms with Crippen LogP contribution in [0, 0.1) is 10.8 Å². The van der Waals surface area contributed by atoms with Gasteiger partial charge in [0.1, 0.15) is 0 Å². The fraction of sp³-hybridized carbons (Fsp3) is 0.435. The van der Waals surface area contributed by atoms with Crippen LogP contribution in [-0.4, -0.2) is 25.8 Å². The van der Waals surface area contributed by atoms with Crippen molar-refractivity contribution in [2.45, 2.75) is 39.2 Å². The van der Waals surface area contributed by atoms with Crippen LogP contribution in [-0.2, 0) is 14.3 Å². The van der Waals surface area contributed by atoms with Crippen LogP contribution in [0.2, 0.25) is 0 Å². The first-order chi connectivity index (χ1) is 12.5. The van der Waals surface area contributed by atoms with E-state index in [0.29, 0.717) is 13.0 Å². The van der Waals surface area contributed by atoms with E-state index in [-0.39, 0.29) is 16.8 Å². The molecule has 26 heavy (non-hydrogen) atoms. The number of hydrogen-bond acceptors (Lipinski definition) is 3. The maximum atomic E-state index is 11.7. The Labute approximate surface area is 157 Å². The van der Waals surface area contributed by atoms with E-state index >= 15 is 0 Å². The predicted octanol–water partition coefficient (Wildman–Crippen LogP) is 5.09. The van der Waals surface area contributed by atoms with Crippen LogP contribution < -0.4 is 0 Å². The third-order valence-corrected chi connectivity index (χ3v) is 4.65. The molecule has 2 aliphatic rings. The smallest absolute Gasteiger partial charge is 0.335 e. The third-order valence-electron chi connectivity index (χ3n) is 4.65. The van der Waals surface area contributed by atoms with Crippen molar-refractivity contribution < 1.29 is 14.3 Å². The van der Waals surface area contributed by atoms with E-state index in [1.807, 2.05) is 6.08 Å². The molecule has 1 spiro atoms. The topological polar surface area (TPSA) is 35.5 Å². The normalized spacial score (nSPS) is 21.0. The summed E-state index contributed by atoms with van der Waals surface area (Å²) in [5.41, 5.74) is -0.0913. The molecule has 3 heteroatoms. The zero-order chi connectivity index (χ0) is 18.9. The average molecular weight is 354 g/mol. The van der Waals surface area contributed by atoms with Gasteiger partial charge in [-0.05, 0) is 26.7 Å². The summed E-state index contributed by atoms with van der Waals surface area (Å²) in [5.74, 6) is -0.306. The number of hydrogen-bond donors (Lipinski definition) is 0. The first-order valence-electron chi connectivity index (χ1n) is 9.31. The lowest BCUT2D eigenvalue weighted by atomic mass is 9.74. The fourth-order valence-electron chi connectivity index (χ4n) is 3.01. The second-order valence-electron chi connectivity index (χ2n) is 6.89. The number of carbonyl (C=O) groups excluding carboxylic acids is 1. The highest BCUT2D eigenvalue weighted by Crippen LogP contribution is 2.38. The van der Waals surface area contributed by atoms with Crippen molar-refractivity contribution in [2.75, 3.05) is 13.7 Å². The molecular weight excluding hydrogens is 324 g/mol. The molecule has 0 N–H and O–H groups in total. The molecule has 0 aliphatic heterocycles. The van der Waals surface area contributed by atoms with Crippen LogP contribution in [0.25, 0.3) is 0 Å². The van der Waals surface area contributed by atoms with E-state index in [1.165, 1.54) is 7.11 Å². The van der Waals surface area contributed by atoms with Gasteiger partial charge in [0.25, 0.3) is 0 Å². The Morgan fingerprint density at radius 2 is 1.77 bits per heavy atom. The Morgan fingerprint density at radius 1 is 1.08 bits per heavy atom. The van der Waals surface area contributed by atoms with Gasteiger partial charge >= 0.3 is 5.97 Å². The molecule has 0 bridgehead atoms. The molecule has 0 aromatic heterocycles. The van der Waals surface area contributed by atoms with E-state index in [9.17, 15) is 4.79 Å². The van der Waals surface area contributed by atoms with E-state index < -0.39 is 6.10 Å². The van der Waals surface area contributed by atoms with Gasteiger partial charge in [-0.3, -0.25) is 0 Å². The summed E-state index contributed by atoms with van der Waals surface area (Å²) < 4.78 is 10.1. The van der Waals surface area contributed by atoms with Crippen molar-refractivity contribution >= 4 is 5.97 Å². The summed E-state index contributed by atoms with van der Waals surface area (Å²) >= 11 is 0. The molecule has 3 nitrogen and oxygen atoms in total. The second kappa shape index (κ2) is 9.54. The molecule has 2 rings (SSSR count). The molecular formula is C23H30O3. The van der Waals surface area contributed by atoms with E-state index in [2.05, 4.69) is 73.8 Å². The van der Waals surface area contributed by atoms with Gasteiger partial charge in [-0.1, -0.05) is 72.9 Å². The van der Waals surface area contributed by atoms with Gasteiger partial charge in [0.15, 0.2) is 6.10 Å². The van der Waals surface area contributed by atoms with Crippen LogP contribution in [0.5, 0.6) is 0 Å². The molecule has 2 aliphatic carbocycles. The number of methoxy groups -OCH3 is 1. The van der Waals surface area contributed by atoms with E-state index in [4.69, 9.17) is 9.47 Å². The Kier molecular flexibility index (Phi) is 7.40. The maximum Gasteiger partial charge on any atom is 0.335 e. The quantitative estimate of drug-likeness (QED) is 0.450. The fourth-order valence-corrected chi connectivity index (χ4v) is 3.01. The summed E-state index contributed by atoms with van der Waals surface area (Å²) in [6, 6.07) is 0. The van der Waals surface area contributed by atoms with Crippen LogP contribution in [0.15, 0.2) is 72.9 Å². The van der Waals surface area contributed by atoms with Gasteiger partial charge in [0.2, 0.25) is 0 Å². The second-order valence-corrected chi connectivity index (χ2v) is 6.89. The lowest BCUT2D eigenvalue weighted by molar-refractivity contribution is -0.154. The zero-order valence-corrected chi connectivity index (χ0v) is 16.1. The standard InChI is InChI=1S/C23H30O3/c1-4-26-21(24)20(25-3)12-8-5-6-9-13-22(2)16-18-23(19-17-22)14-10-7-11-15-23/h5,8-11,13-20H,4,6-7,12H2,1-3H3/b8-5-,13-9-. The van der Waals surface area contributed by atoms with Crippen molar-refractivity contribution in [3.63, 3.8) is 0 Å². The van der Waals surface area contributed by atoms with Gasteiger partial charge < -0.3 is 9.47 Å². The number of rotatable bonds is 8. The minimum atomic E-state index is -0.523. The highest BCUT2D eigenvalue weighted by molar-refractivity contribution is 5.74. The van der Waals surface area contributed by atoms with E-state index in [0.717, 1.165) is 12.8 Å². The molecule has 0 aromatic carbocycles. The minimum Gasteiger partial charge on any atom is -0.464 e. The summed E-state index contributed by atoms with van der Waals surface area (Å²) in [6.45, 7) is 4.37. The lowest BCUT2D eigenvalue weighted by Crippen LogP contribution is -2.24. The monoisotopic (exact) mass is 354 g/mol. The maximum absolute atomic E-state index is 11.7. The summed E-state index contributed by atoms with van der Waals surface area (Å²) in [7, 11) is 1.53. The predicted molar refractivity (Wildman–Crippen MR) is 107 cm³/mol. The molecule has 0 aromatic rings. The molecule has 0 fully saturated rings. The lowest BCUT2D eigenvalue weighted by Gasteiger charge is -2.30. The highest BCUT2D eigenvalue weighted by Gasteiger charge is 2.26. The van der Waals surface area contributed by atoms with Crippen molar-refractivity contribution in [1.29, 1.82) is 0 Å². The van der Waals surface area contributed by atoms with Crippen molar-refractivity contribution in [3.05, 3.63) is 72.9 Å². The molecule has 0 heterocycles.